The molecule has 4 atom stereocenters. The lowest BCUT2D eigenvalue weighted by Gasteiger charge is -2.13. The third-order valence-corrected chi connectivity index (χ3v) is 4.85. The van der Waals surface area contributed by atoms with Crippen LogP contribution in [0.3, 0.4) is 0 Å². The summed E-state index contributed by atoms with van der Waals surface area (Å²) in [5, 5.41) is 5.23. The van der Waals surface area contributed by atoms with Gasteiger partial charge in [0, 0.05) is 0 Å². The van der Waals surface area contributed by atoms with Gasteiger partial charge in [-0.15, -0.1) is 0 Å². The van der Waals surface area contributed by atoms with E-state index in [1.807, 2.05) is 31.2 Å². The number of carbonyl (C=O) groups excluding carboxylic acids is 2. The highest BCUT2D eigenvalue weighted by Gasteiger charge is 2.59. The quantitative estimate of drug-likeness (QED) is 0.473. The first-order valence-corrected chi connectivity index (χ1v) is 7.32. The van der Waals surface area contributed by atoms with Crippen molar-refractivity contribution in [3.63, 3.8) is 0 Å². The maximum atomic E-state index is 12.4. The molecule has 3 aliphatic rings. The molecule has 2 fully saturated rings. The Morgan fingerprint density at radius 3 is 2.19 bits per heavy atom. The highest BCUT2D eigenvalue weighted by molar-refractivity contribution is 6.06. The second kappa shape index (κ2) is 4.38. The zero-order valence-electron chi connectivity index (χ0n) is 11.8. The number of hydrazone groups is 1. The molecule has 2 amide bonds. The molecule has 21 heavy (non-hydrogen) atoms. The normalized spacial score (nSPS) is 33.5. The number of hydrogen-bond donors (Lipinski definition) is 0. The fraction of sp³-hybridized carbons (Fsp3) is 0.353. The van der Waals surface area contributed by atoms with E-state index >= 15 is 0 Å². The van der Waals surface area contributed by atoms with Gasteiger partial charge in [0.2, 0.25) is 0 Å². The molecule has 4 rings (SSSR count). The van der Waals surface area contributed by atoms with Crippen LogP contribution in [-0.2, 0) is 9.59 Å². The number of aryl methyl sites for hydroxylation is 1. The van der Waals surface area contributed by atoms with Crippen LogP contribution >= 0.6 is 0 Å². The summed E-state index contributed by atoms with van der Waals surface area (Å²) >= 11 is 0. The number of rotatable bonds is 2. The predicted octanol–water partition coefficient (Wildman–Crippen LogP) is 2.14. The third kappa shape index (κ3) is 1.78. The summed E-state index contributed by atoms with van der Waals surface area (Å²) in [5.74, 6) is -0.159. The maximum Gasteiger partial charge on any atom is 0.254 e. The van der Waals surface area contributed by atoms with Gasteiger partial charge in [0.15, 0.2) is 0 Å². The highest BCUT2D eigenvalue weighted by Crippen LogP contribution is 2.52. The van der Waals surface area contributed by atoms with Gasteiger partial charge in [0.25, 0.3) is 11.8 Å². The Morgan fingerprint density at radius 1 is 1.05 bits per heavy atom. The molecule has 1 aromatic carbocycles. The van der Waals surface area contributed by atoms with Gasteiger partial charge in [-0.25, -0.2) is 0 Å². The average Bonchev–Trinajstić information content (AvgIpc) is 3.14. The summed E-state index contributed by atoms with van der Waals surface area (Å²) in [4.78, 5) is 24.8. The second-order valence-electron chi connectivity index (χ2n) is 6.14. The lowest BCUT2D eigenvalue weighted by atomic mass is 9.85. The molecular weight excluding hydrogens is 264 g/mol. The first kappa shape index (κ1) is 12.5. The Balaban J connectivity index is 1.58. The van der Waals surface area contributed by atoms with Crippen molar-refractivity contribution in [1.82, 2.24) is 5.01 Å². The van der Waals surface area contributed by atoms with E-state index in [1.165, 1.54) is 0 Å². The van der Waals surface area contributed by atoms with Crippen molar-refractivity contribution < 1.29 is 9.59 Å². The van der Waals surface area contributed by atoms with Gasteiger partial charge in [0.1, 0.15) is 0 Å². The van der Waals surface area contributed by atoms with Crippen molar-refractivity contribution >= 4 is 18.0 Å². The molecule has 1 saturated carbocycles. The molecular formula is C17H16N2O2. The van der Waals surface area contributed by atoms with Crippen LogP contribution < -0.4 is 0 Å². The summed E-state index contributed by atoms with van der Waals surface area (Å²) in [6.45, 7) is 2.01. The number of nitrogens with zero attached hydrogens (tertiary/aromatic N) is 2. The summed E-state index contributed by atoms with van der Waals surface area (Å²) in [6, 6.07) is 7.81. The number of benzene rings is 1. The molecule has 0 unspecified atom stereocenters. The van der Waals surface area contributed by atoms with Crippen LogP contribution in [0.15, 0.2) is 41.5 Å². The minimum atomic E-state index is -0.178. The van der Waals surface area contributed by atoms with E-state index in [0.29, 0.717) is 0 Å². The summed E-state index contributed by atoms with van der Waals surface area (Å²) < 4.78 is 0. The van der Waals surface area contributed by atoms with Crippen LogP contribution in [0, 0.1) is 30.6 Å². The first-order valence-electron chi connectivity index (χ1n) is 7.32. The van der Waals surface area contributed by atoms with Gasteiger partial charge in [-0.2, -0.15) is 10.1 Å². The Bertz CT molecular complexity index is 645. The SMILES string of the molecule is Cc1ccc(/C=N\N2C(=O)[C@@H]3[C@H](C2=O)[C@H]2C=C[C@@H]3C2)cc1. The molecule has 0 aromatic heterocycles. The van der Waals surface area contributed by atoms with E-state index in [0.717, 1.165) is 22.6 Å². The lowest BCUT2D eigenvalue weighted by molar-refractivity contribution is -0.140. The Morgan fingerprint density at radius 2 is 1.62 bits per heavy atom. The largest absolute Gasteiger partial charge is 0.272 e. The van der Waals surface area contributed by atoms with Gasteiger partial charge in [-0.05, 0) is 30.7 Å². The van der Waals surface area contributed by atoms with Crippen molar-refractivity contribution in [3.8, 4) is 0 Å². The zero-order valence-corrected chi connectivity index (χ0v) is 11.8. The molecule has 4 nitrogen and oxygen atoms in total. The van der Waals surface area contributed by atoms with Gasteiger partial charge >= 0.3 is 0 Å². The van der Waals surface area contributed by atoms with E-state index in [2.05, 4.69) is 17.3 Å². The molecule has 1 heterocycles. The number of carbonyl (C=O) groups is 2. The molecule has 1 aliphatic heterocycles. The smallest absolute Gasteiger partial charge is 0.254 e. The zero-order chi connectivity index (χ0) is 14.6. The van der Waals surface area contributed by atoms with Crippen molar-refractivity contribution in [2.45, 2.75) is 13.3 Å². The predicted molar refractivity (Wildman–Crippen MR) is 78.3 cm³/mol. The van der Waals surface area contributed by atoms with Gasteiger partial charge in [-0.3, -0.25) is 9.59 Å². The summed E-state index contributed by atoms with van der Waals surface area (Å²) in [6.07, 6.45) is 6.71. The van der Waals surface area contributed by atoms with Gasteiger partial charge in [0.05, 0.1) is 18.1 Å². The molecule has 1 aromatic rings. The van der Waals surface area contributed by atoms with Crippen molar-refractivity contribution in [2.75, 3.05) is 0 Å². The fourth-order valence-electron chi connectivity index (χ4n) is 3.78. The van der Waals surface area contributed by atoms with E-state index in [4.69, 9.17) is 0 Å². The molecule has 4 heteroatoms. The third-order valence-electron chi connectivity index (χ3n) is 4.85. The average molecular weight is 280 g/mol. The minimum absolute atomic E-state index is 0.134. The first-order chi connectivity index (χ1) is 10.1. The van der Waals surface area contributed by atoms with Crippen LogP contribution in [0.25, 0.3) is 0 Å². The molecule has 0 spiro atoms. The van der Waals surface area contributed by atoms with Crippen LogP contribution in [-0.4, -0.2) is 23.0 Å². The Labute approximate surface area is 123 Å². The van der Waals surface area contributed by atoms with E-state index in [-0.39, 0.29) is 35.5 Å². The molecule has 1 saturated heterocycles. The Kier molecular flexibility index (Phi) is 2.61. The standard InChI is InChI=1S/C17H16N2O2/c1-10-2-4-11(5-3-10)9-18-19-16(20)14-12-6-7-13(8-12)15(14)17(19)21/h2-7,9,12-15H,8H2,1H3/b18-9-/t12-,13+,14+,15-. The number of amides is 2. The second-order valence-corrected chi connectivity index (χ2v) is 6.14. The monoisotopic (exact) mass is 280 g/mol. The maximum absolute atomic E-state index is 12.4. The van der Waals surface area contributed by atoms with Crippen LogP contribution in [0.2, 0.25) is 0 Å². The number of allylic oxidation sites excluding steroid dienone is 2. The molecule has 2 bridgehead atoms. The van der Waals surface area contributed by atoms with Gasteiger partial charge < -0.3 is 0 Å². The number of hydrogen-bond acceptors (Lipinski definition) is 3. The topological polar surface area (TPSA) is 49.7 Å². The molecule has 0 radical (unpaired) electrons. The number of fused-ring (bicyclic) bond motifs is 5. The van der Waals surface area contributed by atoms with E-state index in [9.17, 15) is 9.59 Å². The van der Waals surface area contributed by atoms with Crippen LogP contribution in [0.1, 0.15) is 17.5 Å². The molecule has 106 valence electrons. The van der Waals surface area contributed by atoms with Crippen molar-refractivity contribution in [2.24, 2.45) is 28.8 Å². The minimum Gasteiger partial charge on any atom is -0.272 e. The number of imide groups is 1. The summed E-state index contributed by atoms with van der Waals surface area (Å²) in [7, 11) is 0. The van der Waals surface area contributed by atoms with Crippen LogP contribution in [0.4, 0.5) is 0 Å². The van der Waals surface area contributed by atoms with Gasteiger partial charge in [-0.1, -0.05) is 42.0 Å². The van der Waals surface area contributed by atoms with Crippen LogP contribution in [0.5, 0.6) is 0 Å². The summed E-state index contributed by atoms with van der Waals surface area (Å²) in [5.41, 5.74) is 2.05. The van der Waals surface area contributed by atoms with E-state index in [1.54, 1.807) is 6.21 Å². The lowest BCUT2D eigenvalue weighted by Crippen LogP contribution is -2.28. The van der Waals surface area contributed by atoms with E-state index < -0.39 is 0 Å². The highest BCUT2D eigenvalue weighted by atomic mass is 16.2. The molecule has 2 aliphatic carbocycles. The van der Waals surface area contributed by atoms with Crippen molar-refractivity contribution in [1.29, 1.82) is 0 Å². The molecule has 0 N–H and O–H groups in total. The Hall–Kier alpha value is -2.23. The fourth-order valence-corrected chi connectivity index (χ4v) is 3.78. The van der Waals surface area contributed by atoms with Crippen molar-refractivity contribution in [3.05, 3.63) is 47.5 Å².